The molecule has 4 rings (SSSR count). The van der Waals surface area contributed by atoms with E-state index in [1.54, 1.807) is 0 Å². The molecule has 0 radical (unpaired) electrons. The summed E-state index contributed by atoms with van der Waals surface area (Å²) in [6.07, 6.45) is 5.97. The fourth-order valence-corrected chi connectivity index (χ4v) is 3.91. The van der Waals surface area contributed by atoms with Crippen molar-refractivity contribution in [3.05, 3.63) is 41.5 Å². The van der Waals surface area contributed by atoms with Crippen LogP contribution in [0.5, 0.6) is 0 Å². The van der Waals surface area contributed by atoms with Gasteiger partial charge in [0, 0.05) is 11.6 Å². The largest absolute Gasteiger partial charge is 0.398 e. The molecule has 1 aromatic carbocycles. The molecule has 2 aliphatic carbocycles. The Labute approximate surface area is 118 Å². The van der Waals surface area contributed by atoms with Gasteiger partial charge in [-0.05, 0) is 42.7 Å². The van der Waals surface area contributed by atoms with Crippen LogP contribution >= 0.6 is 0 Å². The number of benzene rings is 1. The van der Waals surface area contributed by atoms with Crippen LogP contribution in [0.15, 0.2) is 28.8 Å². The van der Waals surface area contributed by atoms with Gasteiger partial charge in [0.1, 0.15) is 0 Å². The molecule has 2 aliphatic rings. The predicted molar refractivity (Wildman–Crippen MR) is 76.1 cm³/mol. The molecular formula is C16H19N3O. The normalized spacial score (nSPS) is 28.1. The van der Waals surface area contributed by atoms with Crippen molar-refractivity contribution in [1.29, 1.82) is 0 Å². The minimum atomic E-state index is 0.527. The van der Waals surface area contributed by atoms with Crippen LogP contribution < -0.4 is 5.73 Å². The Hall–Kier alpha value is -1.84. The van der Waals surface area contributed by atoms with Gasteiger partial charge in [-0.15, -0.1) is 0 Å². The van der Waals surface area contributed by atoms with E-state index in [2.05, 4.69) is 10.1 Å². The highest BCUT2D eigenvalue weighted by molar-refractivity contribution is 5.47. The van der Waals surface area contributed by atoms with Crippen LogP contribution in [-0.4, -0.2) is 10.1 Å². The number of hydrogen-bond acceptors (Lipinski definition) is 4. The molecule has 0 aliphatic heterocycles. The van der Waals surface area contributed by atoms with Gasteiger partial charge in [0.2, 0.25) is 5.89 Å². The van der Waals surface area contributed by atoms with Gasteiger partial charge in [-0.1, -0.05) is 29.8 Å². The summed E-state index contributed by atoms with van der Waals surface area (Å²) < 4.78 is 5.43. The zero-order chi connectivity index (χ0) is 13.5. The molecule has 0 amide bonds. The second-order valence-corrected chi connectivity index (χ2v) is 6.20. The van der Waals surface area contributed by atoms with Crippen molar-refractivity contribution in [2.45, 2.75) is 38.0 Å². The molecule has 2 bridgehead atoms. The van der Waals surface area contributed by atoms with Gasteiger partial charge in [0.15, 0.2) is 5.82 Å². The second-order valence-electron chi connectivity index (χ2n) is 6.20. The third-order valence-corrected chi connectivity index (χ3v) is 4.95. The molecule has 2 saturated carbocycles. The Morgan fingerprint density at radius 2 is 2.10 bits per heavy atom. The smallest absolute Gasteiger partial charge is 0.231 e. The number of anilines is 1. The third-order valence-electron chi connectivity index (χ3n) is 4.95. The van der Waals surface area contributed by atoms with Gasteiger partial charge in [-0.2, -0.15) is 4.98 Å². The first kappa shape index (κ1) is 11.9. The first-order valence-corrected chi connectivity index (χ1v) is 7.45. The fraction of sp³-hybridized carbons (Fsp3) is 0.500. The highest BCUT2D eigenvalue weighted by atomic mass is 16.5. The molecule has 104 valence electrons. The maximum Gasteiger partial charge on any atom is 0.231 e. The highest BCUT2D eigenvalue weighted by Crippen LogP contribution is 2.52. The summed E-state index contributed by atoms with van der Waals surface area (Å²) in [5, 5.41) is 4.22. The Balaban J connectivity index is 1.52. The van der Waals surface area contributed by atoms with Gasteiger partial charge < -0.3 is 10.3 Å². The van der Waals surface area contributed by atoms with Crippen LogP contribution in [0.1, 0.15) is 48.9 Å². The number of aromatic nitrogens is 2. The monoisotopic (exact) mass is 269 g/mol. The number of rotatable bonds is 3. The minimum absolute atomic E-state index is 0.527. The van der Waals surface area contributed by atoms with Gasteiger partial charge in [-0.3, -0.25) is 0 Å². The van der Waals surface area contributed by atoms with Crippen molar-refractivity contribution < 1.29 is 4.52 Å². The number of nitrogen functional groups attached to an aromatic ring is 1. The first-order chi connectivity index (χ1) is 9.79. The van der Waals surface area contributed by atoms with E-state index >= 15 is 0 Å². The Kier molecular flexibility index (Phi) is 2.76. The molecule has 2 fully saturated rings. The van der Waals surface area contributed by atoms with Crippen LogP contribution in [0.3, 0.4) is 0 Å². The number of fused-ring (bicyclic) bond motifs is 2. The molecule has 2 N–H and O–H groups in total. The van der Waals surface area contributed by atoms with Crippen LogP contribution in [0.25, 0.3) is 0 Å². The van der Waals surface area contributed by atoms with E-state index < -0.39 is 0 Å². The molecule has 20 heavy (non-hydrogen) atoms. The van der Waals surface area contributed by atoms with Crippen molar-refractivity contribution in [1.82, 2.24) is 10.1 Å². The molecule has 4 heteroatoms. The Morgan fingerprint density at radius 3 is 2.85 bits per heavy atom. The van der Waals surface area contributed by atoms with Crippen LogP contribution in [0, 0.1) is 11.8 Å². The quantitative estimate of drug-likeness (QED) is 0.869. The summed E-state index contributed by atoms with van der Waals surface area (Å²) in [7, 11) is 0. The van der Waals surface area contributed by atoms with Crippen LogP contribution in [-0.2, 0) is 6.42 Å². The van der Waals surface area contributed by atoms with Crippen molar-refractivity contribution in [3.8, 4) is 0 Å². The van der Waals surface area contributed by atoms with Crippen LogP contribution in [0.4, 0.5) is 5.69 Å². The van der Waals surface area contributed by atoms with E-state index in [1.165, 1.54) is 25.7 Å². The first-order valence-electron chi connectivity index (χ1n) is 7.45. The van der Waals surface area contributed by atoms with Crippen molar-refractivity contribution in [2.75, 3.05) is 5.73 Å². The molecular weight excluding hydrogens is 250 g/mol. The van der Waals surface area contributed by atoms with Crippen molar-refractivity contribution in [3.63, 3.8) is 0 Å². The maximum atomic E-state index is 5.96. The van der Waals surface area contributed by atoms with Crippen molar-refractivity contribution >= 4 is 5.69 Å². The average molecular weight is 269 g/mol. The topological polar surface area (TPSA) is 64.9 Å². The number of nitrogens with two attached hydrogens (primary N) is 1. The van der Waals surface area contributed by atoms with E-state index in [9.17, 15) is 0 Å². The fourth-order valence-electron chi connectivity index (χ4n) is 3.91. The summed E-state index contributed by atoms with van der Waals surface area (Å²) in [4.78, 5) is 4.61. The molecule has 1 aromatic heterocycles. The van der Waals surface area contributed by atoms with E-state index in [0.29, 0.717) is 18.2 Å². The lowest BCUT2D eigenvalue weighted by Gasteiger charge is -2.17. The van der Waals surface area contributed by atoms with E-state index in [-0.39, 0.29) is 0 Å². The third kappa shape index (κ3) is 1.99. The molecule has 4 nitrogen and oxygen atoms in total. The molecule has 3 atom stereocenters. The average Bonchev–Trinajstić information content (AvgIpc) is 3.16. The number of para-hydroxylation sites is 1. The molecule has 2 aromatic rings. The number of hydrogen-bond donors (Lipinski definition) is 1. The molecule has 0 saturated heterocycles. The van der Waals surface area contributed by atoms with E-state index in [1.807, 2.05) is 24.3 Å². The Morgan fingerprint density at radius 1 is 1.20 bits per heavy atom. The predicted octanol–water partition coefficient (Wildman–Crippen LogP) is 3.15. The lowest BCUT2D eigenvalue weighted by Crippen LogP contribution is -2.10. The lowest BCUT2D eigenvalue weighted by molar-refractivity contribution is 0.355. The summed E-state index contributed by atoms with van der Waals surface area (Å²) in [6.45, 7) is 0. The Bertz CT molecular complexity index is 622. The summed E-state index contributed by atoms with van der Waals surface area (Å²) in [5.41, 5.74) is 7.79. The SMILES string of the molecule is Nc1ccccc1Cc1nc(C2CC3CCC2C3)no1. The van der Waals surface area contributed by atoms with E-state index in [0.717, 1.165) is 28.9 Å². The zero-order valence-corrected chi connectivity index (χ0v) is 11.5. The van der Waals surface area contributed by atoms with Gasteiger partial charge in [0.25, 0.3) is 0 Å². The standard InChI is InChI=1S/C16H19N3O/c17-14-4-2-1-3-12(14)9-15-18-16(19-20-15)13-8-10-5-6-11(13)7-10/h1-4,10-11,13H,5-9,17H2. The van der Waals surface area contributed by atoms with E-state index in [4.69, 9.17) is 10.3 Å². The van der Waals surface area contributed by atoms with Gasteiger partial charge in [0.05, 0.1) is 6.42 Å². The zero-order valence-electron chi connectivity index (χ0n) is 11.5. The minimum Gasteiger partial charge on any atom is -0.398 e. The molecule has 1 heterocycles. The number of nitrogens with zero attached hydrogens (tertiary/aromatic N) is 2. The second kappa shape index (κ2) is 4.62. The van der Waals surface area contributed by atoms with Crippen LogP contribution in [0.2, 0.25) is 0 Å². The summed E-state index contributed by atoms with van der Waals surface area (Å²) in [5.74, 6) is 3.81. The van der Waals surface area contributed by atoms with Crippen molar-refractivity contribution in [2.24, 2.45) is 11.8 Å². The highest BCUT2D eigenvalue weighted by Gasteiger charge is 2.42. The molecule has 0 spiro atoms. The lowest BCUT2D eigenvalue weighted by atomic mass is 9.88. The van der Waals surface area contributed by atoms with Gasteiger partial charge in [-0.25, -0.2) is 0 Å². The maximum absolute atomic E-state index is 5.96. The van der Waals surface area contributed by atoms with Gasteiger partial charge >= 0.3 is 0 Å². The summed E-state index contributed by atoms with van der Waals surface area (Å²) >= 11 is 0. The molecule has 3 unspecified atom stereocenters. The summed E-state index contributed by atoms with van der Waals surface area (Å²) in [6, 6.07) is 7.84.